The van der Waals surface area contributed by atoms with Crippen molar-refractivity contribution >= 4 is 46.8 Å². The molecule has 1 aromatic heterocycles. The minimum absolute atomic E-state index is 0.0186. The third-order valence-electron chi connectivity index (χ3n) is 4.89. The van der Waals surface area contributed by atoms with Gasteiger partial charge in [0.25, 0.3) is 11.8 Å². The molecule has 0 bridgehead atoms. The second-order valence-corrected chi connectivity index (χ2v) is 6.91. The van der Waals surface area contributed by atoms with E-state index in [4.69, 9.17) is 16.6 Å². The highest BCUT2D eigenvalue weighted by molar-refractivity contribution is 7.80. The first-order chi connectivity index (χ1) is 13.4. The molecule has 1 aliphatic heterocycles. The van der Waals surface area contributed by atoms with Crippen molar-refractivity contribution in [2.24, 2.45) is 0 Å². The van der Waals surface area contributed by atoms with Gasteiger partial charge in [-0.1, -0.05) is 12.1 Å². The summed E-state index contributed by atoms with van der Waals surface area (Å²) in [4.78, 5) is 29.0. The number of nitrogens with zero attached hydrogens (tertiary/aromatic N) is 2. The molecule has 0 aliphatic carbocycles. The van der Waals surface area contributed by atoms with Crippen molar-refractivity contribution in [3.05, 3.63) is 52.8 Å². The monoisotopic (exact) mass is 397 g/mol. The third kappa shape index (κ3) is 3.57. The molecule has 2 heterocycles. The average molecular weight is 398 g/mol. The quantitative estimate of drug-likeness (QED) is 0.475. The highest BCUT2D eigenvalue weighted by Crippen LogP contribution is 2.28. The highest BCUT2D eigenvalue weighted by atomic mass is 32.1. The van der Waals surface area contributed by atoms with Gasteiger partial charge in [-0.25, -0.2) is 0 Å². The third-order valence-corrected chi connectivity index (χ3v) is 5.18. The topological polar surface area (TPSA) is 65.8 Å². The minimum atomic E-state index is -0.530. The number of benzene rings is 1. The molecule has 1 saturated heterocycles. The van der Waals surface area contributed by atoms with Crippen LogP contribution in [0, 0.1) is 13.8 Å². The Morgan fingerprint density at radius 1 is 1.14 bits per heavy atom. The van der Waals surface area contributed by atoms with Gasteiger partial charge in [-0.3, -0.25) is 19.8 Å². The molecule has 28 heavy (non-hydrogen) atoms. The summed E-state index contributed by atoms with van der Waals surface area (Å²) < 4.78 is 5.80. The Labute approximate surface area is 169 Å². The molecule has 1 N–H and O–H groups in total. The molecule has 0 saturated carbocycles. The summed E-state index contributed by atoms with van der Waals surface area (Å²) in [5, 5.41) is 2.68. The number of carbonyl (C=O) groups is 2. The Bertz CT molecular complexity index is 973. The van der Waals surface area contributed by atoms with Crippen LogP contribution in [0.25, 0.3) is 6.08 Å². The fourth-order valence-corrected chi connectivity index (χ4v) is 3.40. The van der Waals surface area contributed by atoms with Crippen LogP contribution < -0.4 is 15.1 Å². The standard InChI is InChI=1S/C21H23N3O3S/c1-5-23(6-2)18-11-10-15(27-18)12-16-19(25)22-21(28)24(20(16)26)17-9-7-8-13(3)14(17)4/h7-12H,5-6H2,1-4H3,(H,22,25,28)/b16-12-. The maximum Gasteiger partial charge on any atom is 0.270 e. The van der Waals surface area contributed by atoms with Gasteiger partial charge in [0.05, 0.1) is 5.69 Å². The summed E-state index contributed by atoms with van der Waals surface area (Å²) in [5.74, 6) is 0.136. The van der Waals surface area contributed by atoms with Gasteiger partial charge in [-0.15, -0.1) is 0 Å². The van der Waals surface area contributed by atoms with Crippen molar-refractivity contribution in [1.82, 2.24) is 5.32 Å². The molecule has 146 valence electrons. The van der Waals surface area contributed by atoms with E-state index in [1.807, 2.05) is 56.9 Å². The van der Waals surface area contributed by atoms with E-state index < -0.39 is 11.8 Å². The molecule has 0 unspecified atom stereocenters. The lowest BCUT2D eigenvalue weighted by Gasteiger charge is -2.30. The lowest BCUT2D eigenvalue weighted by atomic mass is 10.0. The van der Waals surface area contributed by atoms with Crippen LogP contribution in [0.3, 0.4) is 0 Å². The SMILES string of the molecule is CCN(CC)c1ccc(/C=C2/C(=O)NC(=S)N(c3cccc(C)c3C)C2=O)o1. The molecular weight excluding hydrogens is 374 g/mol. The summed E-state index contributed by atoms with van der Waals surface area (Å²) >= 11 is 5.27. The summed E-state index contributed by atoms with van der Waals surface area (Å²) in [6, 6.07) is 9.21. The molecule has 3 rings (SSSR count). The van der Waals surface area contributed by atoms with E-state index in [-0.39, 0.29) is 10.7 Å². The van der Waals surface area contributed by atoms with E-state index in [1.165, 1.54) is 11.0 Å². The zero-order valence-electron chi connectivity index (χ0n) is 16.4. The van der Waals surface area contributed by atoms with Crippen LogP contribution in [0.4, 0.5) is 11.6 Å². The van der Waals surface area contributed by atoms with Crippen LogP contribution in [0.5, 0.6) is 0 Å². The number of anilines is 2. The van der Waals surface area contributed by atoms with Crippen molar-refractivity contribution < 1.29 is 14.0 Å². The Balaban J connectivity index is 1.98. The number of hydrogen-bond acceptors (Lipinski definition) is 5. The number of aryl methyl sites for hydroxylation is 1. The molecule has 2 amide bonds. The maximum atomic E-state index is 13.1. The largest absolute Gasteiger partial charge is 0.441 e. The van der Waals surface area contributed by atoms with Crippen LogP contribution in [-0.2, 0) is 9.59 Å². The van der Waals surface area contributed by atoms with Gasteiger partial charge in [-0.05, 0) is 69.2 Å². The number of amides is 2. The number of nitrogens with one attached hydrogen (secondary N) is 1. The van der Waals surface area contributed by atoms with Crippen molar-refractivity contribution in [3.8, 4) is 0 Å². The maximum absolute atomic E-state index is 13.1. The van der Waals surface area contributed by atoms with Gasteiger partial charge in [0, 0.05) is 19.2 Å². The zero-order valence-corrected chi connectivity index (χ0v) is 17.2. The molecule has 0 spiro atoms. The van der Waals surface area contributed by atoms with Gasteiger partial charge >= 0.3 is 0 Å². The molecule has 1 aliphatic rings. The molecule has 6 nitrogen and oxygen atoms in total. The van der Waals surface area contributed by atoms with Gasteiger partial charge in [0.2, 0.25) is 0 Å². The molecule has 1 aromatic carbocycles. The number of thiocarbonyl (C=S) groups is 1. The Morgan fingerprint density at radius 2 is 1.86 bits per heavy atom. The second-order valence-electron chi connectivity index (χ2n) is 6.53. The number of furan rings is 1. The molecule has 0 radical (unpaired) electrons. The van der Waals surface area contributed by atoms with Crippen LogP contribution in [0.1, 0.15) is 30.7 Å². The highest BCUT2D eigenvalue weighted by Gasteiger charge is 2.35. The van der Waals surface area contributed by atoms with Gasteiger partial charge in [0.1, 0.15) is 11.3 Å². The molecule has 1 fully saturated rings. The van der Waals surface area contributed by atoms with Gasteiger partial charge in [0.15, 0.2) is 11.0 Å². The Morgan fingerprint density at radius 3 is 2.54 bits per heavy atom. The first kappa shape index (κ1) is 19.8. The molecule has 7 heteroatoms. The average Bonchev–Trinajstić information content (AvgIpc) is 3.11. The predicted molar refractivity (Wildman–Crippen MR) is 114 cm³/mol. The van der Waals surface area contributed by atoms with Gasteiger partial charge < -0.3 is 9.32 Å². The van der Waals surface area contributed by atoms with Gasteiger partial charge in [-0.2, -0.15) is 0 Å². The number of rotatable bonds is 5. The fraction of sp³-hybridized carbons (Fsp3) is 0.286. The Hall–Kier alpha value is -2.93. The van der Waals surface area contributed by atoms with E-state index >= 15 is 0 Å². The summed E-state index contributed by atoms with van der Waals surface area (Å²) in [6.45, 7) is 9.55. The Kier molecular flexibility index (Phi) is 5.65. The second kappa shape index (κ2) is 7.98. The smallest absolute Gasteiger partial charge is 0.270 e. The normalized spacial score (nSPS) is 15.9. The summed E-state index contributed by atoms with van der Waals surface area (Å²) in [6.07, 6.45) is 1.46. The van der Waals surface area contributed by atoms with Crippen molar-refractivity contribution in [2.45, 2.75) is 27.7 Å². The lowest BCUT2D eigenvalue weighted by molar-refractivity contribution is -0.122. The number of carbonyl (C=O) groups excluding carboxylic acids is 2. The van der Waals surface area contributed by atoms with E-state index in [2.05, 4.69) is 5.32 Å². The van der Waals surface area contributed by atoms with Crippen LogP contribution in [0.15, 0.2) is 40.3 Å². The van der Waals surface area contributed by atoms with Crippen LogP contribution >= 0.6 is 12.2 Å². The predicted octanol–water partition coefficient (Wildman–Crippen LogP) is 3.57. The van der Waals surface area contributed by atoms with E-state index in [1.54, 1.807) is 6.07 Å². The van der Waals surface area contributed by atoms with Crippen LogP contribution in [0.2, 0.25) is 0 Å². The van der Waals surface area contributed by atoms with E-state index in [0.29, 0.717) is 17.3 Å². The number of hydrogen-bond donors (Lipinski definition) is 1. The van der Waals surface area contributed by atoms with Crippen molar-refractivity contribution in [1.29, 1.82) is 0 Å². The van der Waals surface area contributed by atoms with Crippen molar-refractivity contribution in [3.63, 3.8) is 0 Å². The summed E-state index contributed by atoms with van der Waals surface area (Å²) in [7, 11) is 0. The van der Waals surface area contributed by atoms with E-state index in [0.717, 1.165) is 24.2 Å². The molecule has 0 atom stereocenters. The first-order valence-electron chi connectivity index (χ1n) is 9.19. The zero-order chi connectivity index (χ0) is 20.4. The van der Waals surface area contributed by atoms with Crippen LogP contribution in [-0.4, -0.2) is 30.0 Å². The lowest BCUT2D eigenvalue weighted by Crippen LogP contribution is -2.54. The minimum Gasteiger partial charge on any atom is -0.441 e. The van der Waals surface area contributed by atoms with Crippen molar-refractivity contribution in [2.75, 3.05) is 22.9 Å². The fourth-order valence-electron chi connectivity index (χ4n) is 3.12. The molecular formula is C21H23N3O3S. The summed E-state index contributed by atoms with van der Waals surface area (Å²) in [5.41, 5.74) is 2.60. The molecule has 2 aromatic rings. The first-order valence-corrected chi connectivity index (χ1v) is 9.60. The van der Waals surface area contributed by atoms with E-state index in [9.17, 15) is 9.59 Å².